The van der Waals surface area contributed by atoms with Crippen molar-refractivity contribution in [2.75, 3.05) is 4.72 Å². The van der Waals surface area contributed by atoms with Crippen molar-refractivity contribution in [3.05, 3.63) is 39.9 Å². The van der Waals surface area contributed by atoms with Gasteiger partial charge in [-0.25, -0.2) is 12.8 Å². The van der Waals surface area contributed by atoms with Gasteiger partial charge >= 0.3 is 0 Å². The molecule has 0 unspecified atom stereocenters. The van der Waals surface area contributed by atoms with Crippen LogP contribution in [0.15, 0.2) is 27.6 Å². The second-order valence-electron chi connectivity index (χ2n) is 4.35. The largest absolute Gasteiger partial charge is 0.278 e. The Hall–Kier alpha value is -1.41. The molecule has 2 rings (SSSR count). The molecule has 0 fully saturated rings. The number of benzene rings is 1. The maximum atomic E-state index is 13.0. The molecule has 5 nitrogen and oxygen atoms in total. The first-order valence-corrected chi connectivity index (χ1v) is 7.98. The van der Waals surface area contributed by atoms with Gasteiger partial charge in [0, 0.05) is 11.5 Å². The third-order valence-electron chi connectivity index (χ3n) is 2.89. The highest BCUT2D eigenvalue weighted by Gasteiger charge is 2.24. The average molecular weight is 362 g/mol. The van der Waals surface area contributed by atoms with E-state index in [0.29, 0.717) is 15.9 Å². The molecule has 0 saturated heterocycles. The van der Waals surface area contributed by atoms with E-state index in [9.17, 15) is 12.8 Å². The summed E-state index contributed by atoms with van der Waals surface area (Å²) in [7, 11) is -2.10. The molecule has 0 atom stereocenters. The van der Waals surface area contributed by atoms with Crippen molar-refractivity contribution >= 4 is 31.6 Å². The van der Waals surface area contributed by atoms with Crippen molar-refractivity contribution < 1.29 is 12.8 Å². The number of sulfonamides is 1. The van der Waals surface area contributed by atoms with Gasteiger partial charge in [0.25, 0.3) is 10.0 Å². The van der Waals surface area contributed by atoms with Gasteiger partial charge in [0.1, 0.15) is 10.7 Å². The van der Waals surface area contributed by atoms with Crippen molar-refractivity contribution in [2.45, 2.75) is 18.7 Å². The highest BCUT2D eigenvalue weighted by atomic mass is 79.9. The smallest absolute Gasteiger partial charge is 0.265 e. The van der Waals surface area contributed by atoms with Gasteiger partial charge < -0.3 is 0 Å². The van der Waals surface area contributed by atoms with E-state index in [1.807, 2.05) is 0 Å². The molecule has 1 heterocycles. The molecule has 0 spiro atoms. The molecule has 0 radical (unpaired) electrons. The van der Waals surface area contributed by atoms with E-state index in [0.717, 1.165) is 0 Å². The number of rotatable bonds is 3. The van der Waals surface area contributed by atoms with Crippen LogP contribution >= 0.6 is 15.9 Å². The summed E-state index contributed by atoms with van der Waals surface area (Å²) in [5.41, 5.74) is 1.22. The molecule has 2 aromatic rings. The van der Waals surface area contributed by atoms with Crippen molar-refractivity contribution in [1.29, 1.82) is 0 Å². The topological polar surface area (TPSA) is 64.0 Å². The van der Waals surface area contributed by atoms with Crippen LogP contribution in [0, 0.1) is 19.7 Å². The summed E-state index contributed by atoms with van der Waals surface area (Å²) in [6, 6.07) is 3.74. The Balaban J connectivity index is 2.46. The Morgan fingerprint density at radius 3 is 2.50 bits per heavy atom. The third kappa shape index (κ3) is 2.71. The molecule has 8 heteroatoms. The first-order valence-electron chi connectivity index (χ1n) is 5.70. The number of hydrogen-bond donors (Lipinski definition) is 1. The third-order valence-corrected chi connectivity index (χ3v) is 5.16. The van der Waals surface area contributed by atoms with Gasteiger partial charge in [0.05, 0.1) is 17.1 Å². The monoisotopic (exact) mass is 361 g/mol. The van der Waals surface area contributed by atoms with Crippen LogP contribution in [0.3, 0.4) is 0 Å². The number of anilines is 1. The van der Waals surface area contributed by atoms with E-state index in [4.69, 9.17) is 0 Å². The van der Waals surface area contributed by atoms with Crippen molar-refractivity contribution in [1.82, 2.24) is 9.78 Å². The molecule has 20 heavy (non-hydrogen) atoms. The normalized spacial score (nSPS) is 11.7. The molecule has 0 amide bonds. The van der Waals surface area contributed by atoms with Gasteiger partial charge in [-0.1, -0.05) is 0 Å². The molecule has 0 aliphatic rings. The molecule has 0 aliphatic carbocycles. The molecular formula is C12H13BrFN3O2S. The van der Waals surface area contributed by atoms with Crippen molar-refractivity contribution in [2.24, 2.45) is 7.05 Å². The van der Waals surface area contributed by atoms with Crippen LogP contribution in [-0.4, -0.2) is 18.2 Å². The van der Waals surface area contributed by atoms with Gasteiger partial charge in [-0.3, -0.25) is 9.40 Å². The number of aryl methyl sites for hydroxylation is 2. The van der Waals surface area contributed by atoms with Crippen LogP contribution in [0.5, 0.6) is 0 Å². The summed E-state index contributed by atoms with van der Waals surface area (Å²) >= 11 is 3.13. The molecule has 108 valence electrons. The Kier molecular flexibility index (Phi) is 3.88. The Morgan fingerprint density at radius 2 is 2.00 bits per heavy atom. The van der Waals surface area contributed by atoms with E-state index in [2.05, 4.69) is 25.8 Å². The van der Waals surface area contributed by atoms with Gasteiger partial charge in [0.2, 0.25) is 0 Å². The minimum atomic E-state index is -3.77. The molecule has 1 N–H and O–H groups in total. The maximum absolute atomic E-state index is 13.0. The zero-order valence-electron chi connectivity index (χ0n) is 11.1. The highest BCUT2D eigenvalue weighted by Crippen LogP contribution is 2.27. The summed E-state index contributed by atoms with van der Waals surface area (Å²) in [6.45, 7) is 3.30. The minimum Gasteiger partial charge on any atom is -0.278 e. The predicted molar refractivity (Wildman–Crippen MR) is 77.6 cm³/mol. The lowest BCUT2D eigenvalue weighted by molar-refractivity contribution is 0.599. The number of halogens is 2. The molecule has 1 aromatic heterocycles. The molecule has 0 saturated carbocycles. The van der Waals surface area contributed by atoms with E-state index in [-0.39, 0.29) is 10.6 Å². The fraction of sp³-hybridized carbons (Fsp3) is 0.250. The quantitative estimate of drug-likeness (QED) is 0.913. The van der Waals surface area contributed by atoms with Crippen LogP contribution in [0.1, 0.15) is 11.4 Å². The average Bonchev–Trinajstić information content (AvgIpc) is 2.57. The van der Waals surface area contributed by atoms with Crippen LogP contribution in [0.2, 0.25) is 0 Å². The zero-order valence-corrected chi connectivity index (χ0v) is 13.5. The highest BCUT2D eigenvalue weighted by molar-refractivity contribution is 9.10. The number of nitrogens with one attached hydrogen (secondary N) is 1. The van der Waals surface area contributed by atoms with Crippen molar-refractivity contribution in [3.63, 3.8) is 0 Å². The van der Waals surface area contributed by atoms with Crippen LogP contribution in [0.25, 0.3) is 0 Å². The summed E-state index contributed by atoms with van der Waals surface area (Å²) in [5, 5.41) is 4.08. The first-order chi connectivity index (χ1) is 9.22. The fourth-order valence-electron chi connectivity index (χ4n) is 1.91. The van der Waals surface area contributed by atoms with Crippen LogP contribution in [0.4, 0.5) is 10.1 Å². The van der Waals surface area contributed by atoms with Crippen LogP contribution < -0.4 is 4.72 Å². The number of hydrogen-bond acceptors (Lipinski definition) is 3. The number of nitrogens with zero attached hydrogens (tertiary/aromatic N) is 2. The van der Waals surface area contributed by atoms with Gasteiger partial charge in [-0.05, 0) is 48.0 Å². The lowest BCUT2D eigenvalue weighted by Gasteiger charge is -2.10. The predicted octanol–water partition coefficient (Wildman–Crippen LogP) is 2.74. The molecule has 0 bridgehead atoms. The lowest BCUT2D eigenvalue weighted by Crippen LogP contribution is -2.15. The maximum Gasteiger partial charge on any atom is 0.265 e. The van der Waals surface area contributed by atoms with Gasteiger partial charge in [-0.15, -0.1) is 0 Å². The fourth-order valence-corrected chi connectivity index (χ4v) is 4.01. The first kappa shape index (κ1) is 15.0. The zero-order chi connectivity index (χ0) is 15.1. The summed E-state index contributed by atoms with van der Waals surface area (Å²) in [4.78, 5) is 0.135. The van der Waals surface area contributed by atoms with E-state index < -0.39 is 15.8 Å². The van der Waals surface area contributed by atoms with E-state index in [1.54, 1.807) is 20.9 Å². The Labute approximate surface area is 125 Å². The van der Waals surface area contributed by atoms with Gasteiger partial charge in [0.15, 0.2) is 0 Å². The second-order valence-corrected chi connectivity index (χ2v) is 6.83. The Morgan fingerprint density at radius 1 is 1.35 bits per heavy atom. The SMILES string of the molecule is Cc1nn(C)c(C)c1S(=O)(=O)Nc1ccc(F)cc1Br. The summed E-state index contributed by atoms with van der Waals surface area (Å²) < 4.78 is 42.1. The summed E-state index contributed by atoms with van der Waals surface area (Å²) in [6.07, 6.45) is 0. The molecule has 0 aliphatic heterocycles. The molecular weight excluding hydrogens is 349 g/mol. The summed E-state index contributed by atoms with van der Waals surface area (Å²) in [5.74, 6) is -0.450. The van der Waals surface area contributed by atoms with Gasteiger partial charge in [-0.2, -0.15) is 5.10 Å². The second kappa shape index (κ2) is 5.17. The van der Waals surface area contributed by atoms with E-state index >= 15 is 0 Å². The van der Waals surface area contributed by atoms with E-state index in [1.165, 1.54) is 22.9 Å². The minimum absolute atomic E-state index is 0.135. The standard InChI is InChI=1S/C12H13BrFN3O2S/c1-7-12(8(2)17(3)15-7)20(18,19)16-11-5-4-9(14)6-10(11)13/h4-6,16H,1-3H3. The molecule has 1 aromatic carbocycles. The Bertz CT molecular complexity index is 771. The lowest BCUT2D eigenvalue weighted by atomic mass is 10.3. The van der Waals surface area contributed by atoms with Crippen molar-refractivity contribution in [3.8, 4) is 0 Å². The van der Waals surface area contributed by atoms with Crippen LogP contribution in [-0.2, 0) is 17.1 Å². The number of aromatic nitrogens is 2.